The van der Waals surface area contributed by atoms with Crippen molar-refractivity contribution in [2.45, 2.75) is 25.4 Å². The van der Waals surface area contributed by atoms with E-state index in [9.17, 15) is 0 Å². The van der Waals surface area contributed by atoms with Crippen molar-refractivity contribution >= 4 is 17.1 Å². The van der Waals surface area contributed by atoms with E-state index >= 15 is 0 Å². The summed E-state index contributed by atoms with van der Waals surface area (Å²) < 4.78 is 22.0. The van der Waals surface area contributed by atoms with Crippen molar-refractivity contribution in [1.82, 2.24) is 0 Å². The molecule has 0 bridgehead atoms. The van der Waals surface area contributed by atoms with Crippen molar-refractivity contribution in [3.05, 3.63) is 114 Å². The lowest BCUT2D eigenvalue weighted by atomic mass is 10.0. The van der Waals surface area contributed by atoms with Crippen LogP contribution in [0.5, 0.6) is 0 Å². The number of benzene rings is 4. The first-order chi connectivity index (χ1) is 18.3. The normalized spacial score (nSPS) is 17.9. The summed E-state index contributed by atoms with van der Waals surface area (Å²) in [4.78, 5) is 2.28. The number of ether oxygens (including phenoxy) is 4. The molecular formula is C32H31NO4. The van der Waals surface area contributed by atoms with Crippen LogP contribution in [0.4, 0.5) is 17.1 Å². The molecule has 0 saturated carbocycles. The van der Waals surface area contributed by atoms with Gasteiger partial charge < -0.3 is 23.8 Å². The van der Waals surface area contributed by atoms with Gasteiger partial charge in [-0.3, -0.25) is 0 Å². The van der Waals surface area contributed by atoms with Crippen molar-refractivity contribution < 1.29 is 18.9 Å². The smallest absolute Gasteiger partial charge is 0.104 e. The number of hydrogen-bond donors (Lipinski definition) is 0. The van der Waals surface area contributed by atoms with Crippen LogP contribution in [0.1, 0.15) is 11.1 Å². The van der Waals surface area contributed by atoms with Crippen molar-refractivity contribution in [3.63, 3.8) is 0 Å². The summed E-state index contributed by atoms with van der Waals surface area (Å²) in [5.74, 6) is 0. The van der Waals surface area contributed by atoms with Gasteiger partial charge in [0.2, 0.25) is 0 Å². The number of nitrogens with zero attached hydrogens (tertiary/aromatic N) is 1. The van der Waals surface area contributed by atoms with Crippen molar-refractivity contribution in [1.29, 1.82) is 0 Å². The maximum atomic E-state index is 5.77. The van der Waals surface area contributed by atoms with Gasteiger partial charge in [0.15, 0.2) is 0 Å². The van der Waals surface area contributed by atoms with Crippen molar-refractivity contribution in [3.8, 4) is 11.1 Å². The molecule has 2 fully saturated rings. The highest BCUT2D eigenvalue weighted by Gasteiger charge is 2.23. The zero-order valence-corrected chi connectivity index (χ0v) is 20.8. The van der Waals surface area contributed by atoms with Crippen molar-refractivity contribution in [2.24, 2.45) is 0 Å². The molecule has 2 aliphatic rings. The van der Waals surface area contributed by atoms with E-state index in [1.54, 1.807) is 0 Å². The Labute approximate surface area is 218 Å². The van der Waals surface area contributed by atoms with Gasteiger partial charge in [-0.2, -0.15) is 0 Å². The van der Waals surface area contributed by atoms with Crippen LogP contribution in [0.3, 0.4) is 0 Å². The third kappa shape index (κ3) is 6.45. The Morgan fingerprint density at radius 3 is 1.38 bits per heavy atom. The number of hydrogen-bond acceptors (Lipinski definition) is 5. The second kappa shape index (κ2) is 11.3. The Morgan fingerprint density at radius 2 is 0.946 bits per heavy atom. The van der Waals surface area contributed by atoms with Gasteiger partial charge in [-0.05, 0) is 58.7 Å². The Bertz CT molecular complexity index is 1200. The Kier molecular flexibility index (Phi) is 7.28. The average molecular weight is 494 g/mol. The maximum absolute atomic E-state index is 5.77. The quantitative estimate of drug-likeness (QED) is 0.207. The molecule has 2 heterocycles. The molecule has 0 aromatic heterocycles. The van der Waals surface area contributed by atoms with Gasteiger partial charge in [-0.15, -0.1) is 0 Å². The van der Waals surface area contributed by atoms with Crippen LogP contribution in [0.15, 0.2) is 103 Å². The molecule has 0 N–H and O–H groups in total. The Balaban J connectivity index is 1.23. The first-order valence-corrected chi connectivity index (χ1v) is 12.8. The molecular weight excluding hydrogens is 462 g/mol. The summed E-state index contributed by atoms with van der Waals surface area (Å²) in [6.07, 6.45) is 0.563. The molecule has 4 aromatic rings. The SMILES string of the molecule is c1ccc(-c2ccc(N(c3ccc(COCC4CO4)cc3)c3ccc(COCC4CO4)cc3)cc2)cc1. The first-order valence-electron chi connectivity index (χ1n) is 12.8. The second-order valence-electron chi connectivity index (χ2n) is 9.52. The van der Waals surface area contributed by atoms with E-state index in [4.69, 9.17) is 18.9 Å². The topological polar surface area (TPSA) is 46.8 Å². The minimum absolute atomic E-state index is 0.282. The summed E-state index contributed by atoms with van der Waals surface area (Å²) in [5, 5.41) is 0. The lowest BCUT2D eigenvalue weighted by Gasteiger charge is -2.26. The van der Waals surface area contributed by atoms with Crippen LogP contribution in [0.25, 0.3) is 11.1 Å². The number of anilines is 3. The van der Waals surface area contributed by atoms with Crippen LogP contribution >= 0.6 is 0 Å². The van der Waals surface area contributed by atoms with Gasteiger partial charge in [-0.25, -0.2) is 0 Å². The molecule has 4 aromatic carbocycles. The van der Waals surface area contributed by atoms with E-state index in [1.807, 2.05) is 6.07 Å². The number of epoxide rings is 2. The highest BCUT2D eigenvalue weighted by molar-refractivity contribution is 5.78. The van der Waals surface area contributed by atoms with E-state index in [0.717, 1.165) is 41.4 Å². The minimum atomic E-state index is 0.282. The van der Waals surface area contributed by atoms with E-state index in [1.165, 1.54) is 11.1 Å². The molecule has 6 rings (SSSR count). The van der Waals surface area contributed by atoms with Gasteiger partial charge >= 0.3 is 0 Å². The van der Waals surface area contributed by atoms with E-state index < -0.39 is 0 Å². The predicted molar refractivity (Wildman–Crippen MR) is 145 cm³/mol. The molecule has 37 heavy (non-hydrogen) atoms. The van der Waals surface area contributed by atoms with Gasteiger partial charge in [-0.1, -0.05) is 66.7 Å². The van der Waals surface area contributed by atoms with Crippen LogP contribution in [-0.4, -0.2) is 38.6 Å². The highest BCUT2D eigenvalue weighted by atomic mass is 16.6. The third-order valence-electron chi connectivity index (χ3n) is 6.57. The molecule has 0 spiro atoms. The fraction of sp³-hybridized carbons (Fsp3) is 0.250. The second-order valence-corrected chi connectivity index (χ2v) is 9.52. The van der Waals surface area contributed by atoms with Crippen LogP contribution in [0.2, 0.25) is 0 Å². The van der Waals surface area contributed by atoms with Gasteiger partial charge in [0, 0.05) is 17.1 Å². The fourth-order valence-electron chi connectivity index (χ4n) is 4.31. The molecule has 0 amide bonds. The van der Waals surface area contributed by atoms with Crippen LogP contribution < -0.4 is 4.90 Å². The molecule has 2 aliphatic heterocycles. The average Bonchev–Trinajstić information content (AvgIpc) is 3.88. The fourth-order valence-corrected chi connectivity index (χ4v) is 4.31. The minimum Gasteiger partial charge on any atom is -0.374 e. The van der Waals surface area contributed by atoms with Crippen LogP contribution in [-0.2, 0) is 32.2 Å². The third-order valence-corrected chi connectivity index (χ3v) is 6.57. The molecule has 0 aliphatic carbocycles. The standard InChI is InChI=1S/C32H31NO4/c1-2-4-26(5-3-1)27-10-16-30(17-11-27)33(28-12-6-24(7-13-28)18-34-20-31-22-36-31)29-14-8-25(9-15-29)19-35-21-32-23-37-32/h1-17,31-32H,18-23H2. The molecule has 2 atom stereocenters. The molecule has 2 saturated heterocycles. The first kappa shape index (κ1) is 23.9. The molecule has 5 nitrogen and oxygen atoms in total. The predicted octanol–water partition coefficient (Wildman–Crippen LogP) is 6.65. The van der Waals surface area contributed by atoms with Gasteiger partial charge in [0.1, 0.15) is 12.2 Å². The lowest BCUT2D eigenvalue weighted by Crippen LogP contribution is -2.10. The highest BCUT2D eigenvalue weighted by Crippen LogP contribution is 2.36. The van der Waals surface area contributed by atoms with E-state index in [-0.39, 0.29) is 12.2 Å². The number of rotatable bonds is 12. The summed E-state index contributed by atoms with van der Waals surface area (Å²) in [5.41, 5.74) is 8.00. The summed E-state index contributed by atoms with van der Waals surface area (Å²) >= 11 is 0. The zero-order valence-electron chi connectivity index (χ0n) is 20.8. The van der Waals surface area contributed by atoms with Crippen molar-refractivity contribution in [2.75, 3.05) is 31.3 Å². The molecule has 5 heteroatoms. The largest absolute Gasteiger partial charge is 0.374 e. The summed E-state index contributed by atoms with van der Waals surface area (Å²) in [6, 6.07) is 36.4. The van der Waals surface area contributed by atoms with E-state index in [2.05, 4.69) is 102 Å². The Morgan fingerprint density at radius 1 is 0.541 bits per heavy atom. The van der Waals surface area contributed by atoms with E-state index in [0.29, 0.717) is 26.4 Å². The maximum Gasteiger partial charge on any atom is 0.104 e. The monoisotopic (exact) mass is 493 g/mol. The van der Waals surface area contributed by atoms with Gasteiger partial charge in [0.05, 0.1) is 39.6 Å². The summed E-state index contributed by atoms with van der Waals surface area (Å²) in [6.45, 7) is 4.13. The molecule has 188 valence electrons. The van der Waals surface area contributed by atoms with Crippen LogP contribution in [0, 0.1) is 0 Å². The molecule has 0 radical (unpaired) electrons. The Hall–Kier alpha value is -3.48. The van der Waals surface area contributed by atoms with Gasteiger partial charge in [0.25, 0.3) is 0 Å². The summed E-state index contributed by atoms with van der Waals surface area (Å²) in [7, 11) is 0. The lowest BCUT2D eigenvalue weighted by molar-refractivity contribution is 0.104. The zero-order chi connectivity index (χ0) is 24.9. The molecule has 2 unspecified atom stereocenters.